The second-order valence-electron chi connectivity index (χ2n) is 7.31. The highest BCUT2D eigenvalue weighted by Gasteiger charge is 2.21. The minimum absolute atomic E-state index is 0.358. The van der Waals surface area contributed by atoms with E-state index in [4.69, 9.17) is 9.47 Å². The molecule has 3 nitrogen and oxygen atoms in total. The third kappa shape index (κ3) is 6.15. The van der Waals surface area contributed by atoms with E-state index in [9.17, 15) is 0 Å². The maximum Gasteiger partial charge on any atom is 0.119 e. The summed E-state index contributed by atoms with van der Waals surface area (Å²) in [5.41, 5.74) is 2.64. The summed E-state index contributed by atoms with van der Waals surface area (Å²) in [5.74, 6) is 1.56. The van der Waals surface area contributed by atoms with E-state index in [2.05, 4.69) is 57.7 Å². The SMILES string of the molecule is Cc1cc(OCCCCN2C[C@@H](C)O[C@H](C)C2)cc(C(C)C)c1. The Morgan fingerprint density at radius 3 is 2.48 bits per heavy atom. The van der Waals surface area contributed by atoms with Crippen LogP contribution in [-0.4, -0.2) is 43.3 Å². The van der Waals surface area contributed by atoms with Crippen LogP contribution in [0.4, 0.5) is 0 Å². The minimum Gasteiger partial charge on any atom is -0.494 e. The van der Waals surface area contributed by atoms with Crippen molar-refractivity contribution in [3.63, 3.8) is 0 Å². The van der Waals surface area contributed by atoms with Crippen LogP contribution in [0.3, 0.4) is 0 Å². The largest absolute Gasteiger partial charge is 0.494 e. The topological polar surface area (TPSA) is 21.7 Å². The number of rotatable bonds is 7. The Labute approximate surface area is 142 Å². The lowest BCUT2D eigenvalue weighted by Crippen LogP contribution is -2.45. The molecule has 3 heteroatoms. The molecule has 2 rings (SSSR count). The highest BCUT2D eigenvalue weighted by atomic mass is 16.5. The Balaban J connectivity index is 1.69. The molecule has 23 heavy (non-hydrogen) atoms. The first kappa shape index (κ1) is 18.3. The smallest absolute Gasteiger partial charge is 0.119 e. The third-order valence-electron chi connectivity index (χ3n) is 4.37. The van der Waals surface area contributed by atoms with Gasteiger partial charge in [0.05, 0.1) is 18.8 Å². The van der Waals surface area contributed by atoms with Crippen molar-refractivity contribution < 1.29 is 9.47 Å². The van der Waals surface area contributed by atoms with Gasteiger partial charge in [-0.1, -0.05) is 19.9 Å². The van der Waals surface area contributed by atoms with Crippen molar-refractivity contribution in [3.05, 3.63) is 29.3 Å². The predicted molar refractivity (Wildman–Crippen MR) is 96.4 cm³/mol. The summed E-state index contributed by atoms with van der Waals surface area (Å²) in [6, 6.07) is 6.57. The van der Waals surface area contributed by atoms with Crippen LogP contribution in [0.5, 0.6) is 5.75 Å². The highest BCUT2D eigenvalue weighted by molar-refractivity contribution is 5.35. The van der Waals surface area contributed by atoms with Gasteiger partial charge in [-0.3, -0.25) is 4.90 Å². The molecule has 0 aromatic heterocycles. The standard InChI is InChI=1S/C20H33NO2/c1-15(2)19-10-16(3)11-20(12-19)22-9-7-6-8-21-13-17(4)23-18(5)14-21/h10-12,15,17-18H,6-9,13-14H2,1-5H3/t17-,18-/m1/s1. The lowest BCUT2D eigenvalue weighted by molar-refractivity contribution is -0.0682. The maximum atomic E-state index is 5.97. The molecule has 1 heterocycles. The van der Waals surface area contributed by atoms with Gasteiger partial charge in [0.2, 0.25) is 0 Å². The Hall–Kier alpha value is -1.06. The fourth-order valence-corrected chi connectivity index (χ4v) is 3.29. The molecule has 1 aliphatic rings. The van der Waals surface area contributed by atoms with Crippen LogP contribution in [0.25, 0.3) is 0 Å². The van der Waals surface area contributed by atoms with Crippen molar-refractivity contribution in [1.29, 1.82) is 0 Å². The molecule has 2 atom stereocenters. The number of hydrogen-bond acceptors (Lipinski definition) is 3. The molecule has 0 radical (unpaired) electrons. The highest BCUT2D eigenvalue weighted by Crippen LogP contribution is 2.23. The molecule has 0 bridgehead atoms. The van der Waals surface area contributed by atoms with Crippen molar-refractivity contribution in [2.24, 2.45) is 0 Å². The summed E-state index contributed by atoms with van der Waals surface area (Å²) in [6.45, 7) is 15.0. The number of unbranched alkanes of at least 4 members (excludes halogenated alkanes) is 1. The molecule has 0 spiro atoms. The zero-order valence-electron chi connectivity index (χ0n) is 15.5. The Kier molecular flexibility index (Phi) is 6.91. The number of nitrogens with zero attached hydrogens (tertiary/aromatic N) is 1. The van der Waals surface area contributed by atoms with Gasteiger partial charge in [-0.05, 0) is 69.3 Å². The summed E-state index contributed by atoms with van der Waals surface area (Å²) in [5, 5.41) is 0. The molecule has 0 aliphatic carbocycles. The van der Waals surface area contributed by atoms with Crippen LogP contribution in [0.1, 0.15) is 57.6 Å². The van der Waals surface area contributed by atoms with Crippen molar-refractivity contribution in [1.82, 2.24) is 4.90 Å². The van der Waals surface area contributed by atoms with Crippen molar-refractivity contribution >= 4 is 0 Å². The van der Waals surface area contributed by atoms with E-state index in [1.54, 1.807) is 0 Å². The molecule has 1 saturated heterocycles. The van der Waals surface area contributed by atoms with Crippen LogP contribution in [-0.2, 0) is 4.74 Å². The molecule has 1 aromatic rings. The summed E-state index contributed by atoms with van der Waals surface area (Å²) in [4.78, 5) is 2.52. The first-order chi connectivity index (χ1) is 10.9. The first-order valence-corrected chi connectivity index (χ1v) is 9.06. The number of hydrogen-bond donors (Lipinski definition) is 0. The van der Waals surface area contributed by atoms with E-state index in [0.717, 1.165) is 38.4 Å². The van der Waals surface area contributed by atoms with E-state index in [-0.39, 0.29) is 0 Å². The van der Waals surface area contributed by atoms with Gasteiger partial charge in [0.15, 0.2) is 0 Å². The Bertz CT molecular complexity index is 477. The Morgan fingerprint density at radius 2 is 1.83 bits per heavy atom. The van der Waals surface area contributed by atoms with E-state index >= 15 is 0 Å². The van der Waals surface area contributed by atoms with Gasteiger partial charge in [0.1, 0.15) is 5.75 Å². The van der Waals surface area contributed by atoms with Crippen LogP contribution in [0.15, 0.2) is 18.2 Å². The third-order valence-corrected chi connectivity index (χ3v) is 4.37. The lowest BCUT2D eigenvalue weighted by atomic mass is 10.0. The van der Waals surface area contributed by atoms with Crippen molar-refractivity contribution in [2.45, 2.75) is 65.6 Å². The van der Waals surface area contributed by atoms with E-state index in [1.807, 2.05) is 0 Å². The minimum atomic E-state index is 0.358. The van der Waals surface area contributed by atoms with Gasteiger partial charge >= 0.3 is 0 Å². The average Bonchev–Trinajstić information content (AvgIpc) is 2.45. The molecule has 0 unspecified atom stereocenters. The summed E-state index contributed by atoms with van der Waals surface area (Å²) < 4.78 is 11.7. The molecular weight excluding hydrogens is 286 g/mol. The van der Waals surface area contributed by atoms with E-state index < -0.39 is 0 Å². The molecule has 130 valence electrons. The first-order valence-electron chi connectivity index (χ1n) is 9.06. The molecule has 1 aromatic carbocycles. The van der Waals surface area contributed by atoms with Gasteiger partial charge in [0.25, 0.3) is 0 Å². The Morgan fingerprint density at radius 1 is 1.13 bits per heavy atom. The van der Waals surface area contributed by atoms with E-state index in [1.165, 1.54) is 17.5 Å². The van der Waals surface area contributed by atoms with Crippen LogP contribution in [0, 0.1) is 6.92 Å². The normalized spacial score (nSPS) is 22.5. The summed E-state index contributed by atoms with van der Waals surface area (Å²) in [7, 11) is 0. The molecule has 1 aliphatic heterocycles. The quantitative estimate of drug-likeness (QED) is 0.696. The van der Waals surface area contributed by atoms with Crippen LogP contribution >= 0.6 is 0 Å². The summed E-state index contributed by atoms with van der Waals surface area (Å²) >= 11 is 0. The number of benzene rings is 1. The number of morpholine rings is 1. The van der Waals surface area contributed by atoms with Crippen LogP contribution < -0.4 is 4.74 Å². The zero-order chi connectivity index (χ0) is 16.8. The average molecular weight is 319 g/mol. The second-order valence-corrected chi connectivity index (χ2v) is 7.31. The molecule has 1 fully saturated rings. The van der Waals surface area contributed by atoms with Gasteiger partial charge in [-0.25, -0.2) is 0 Å². The van der Waals surface area contributed by atoms with Crippen LogP contribution in [0.2, 0.25) is 0 Å². The molecule has 0 saturated carbocycles. The molecule has 0 amide bonds. The second kappa shape index (κ2) is 8.70. The van der Waals surface area contributed by atoms with Crippen molar-refractivity contribution in [2.75, 3.05) is 26.2 Å². The monoisotopic (exact) mass is 319 g/mol. The molecule has 0 N–H and O–H groups in total. The van der Waals surface area contributed by atoms with Gasteiger partial charge in [0, 0.05) is 13.1 Å². The number of aryl methyl sites for hydroxylation is 1. The fraction of sp³-hybridized carbons (Fsp3) is 0.700. The fourth-order valence-electron chi connectivity index (χ4n) is 3.29. The number of ether oxygens (including phenoxy) is 2. The van der Waals surface area contributed by atoms with E-state index in [0.29, 0.717) is 18.1 Å². The van der Waals surface area contributed by atoms with Gasteiger partial charge in [-0.15, -0.1) is 0 Å². The summed E-state index contributed by atoms with van der Waals surface area (Å²) in [6.07, 6.45) is 3.00. The zero-order valence-corrected chi connectivity index (χ0v) is 15.5. The predicted octanol–water partition coefficient (Wildman–Crippen LogP) is 4.39. The van der Waals surface area contributed by atoms with Gasteiger partial charge in [-0.2, -0.15) is 0 Å². The van der Waals surface area contributed by atoms with Gasteiger partial charge < -0.3 is 9.47 Å². The maximum absolute atomic E-state index is 5.97. The van der Waals surface area contributed by atoms with Crippen molar-refractivity contribution in [3.8, 4) is 5.75 Å². The lowest BCUT2D eigenvalue weighted by Gasteiger charge is -2.35. The molecular formula is C20H33NO2.